The normalized spacial score (nSPS) is 13.1. The minimum absolute atomic E-state index is 0.447. The first kappa shape index (κ1) is 46.6. The van der Waals surface area contributed by atoms with Crippen molar-refractivity contribution < 1.29 is 0 Å². The van der Waals surface area contributed by atoms with Gasteiger partial charge >= 0.3 is 0 Å². The summed E-state index contributed by atoms with van der Waals surface area (Å²) in [5.74, 6) is 1.80. The van der Waals surface area contributed by atoms with Crippen molar-refractivity contribution in [1.82, 2.24) is 0 Å². The molecular formula is C73H64N2. The number of fused-ring (bicyclic) bond motifs is 17. The first-order chi connectivity index (χ1) is 36.5. The van der Waals surface area contributed by atoms with Crippen LogP contribution in [-0.2, 0) is 5.41 Å². The molecule has 0 aliphatic heterocycles. The average Bonchev–Trinajstić information content (AvgIpc) is 4.08. The van der Waals surface area contributed by atoms with Gasteiger partial charge < -0.3 is 9.80 Å². The maximum absolute atomic E-state index is 2.48. The van der Waals surface area contributed by atoms with Crippen LogP contribution in [0.25, 0.3) is 54.6 Å². The second-order valence-electron chi connectivity index (χ2n) is 22.4. The van der Waals surface area contributed by atoms with Crippen molar-refractivity contribution in [3.8, 4) is 22.3 Å². The number of hydrogen-bond donors (Lipinski definition) is 0. The Labute approximate surface area is 443 Å². The maximum Gasteiger partial charge on any atom is 0.0737 e. The maximum atomic E-state index is 2.48. The van der Waals surface area contributed by atoms with Gasteiger partial charge in [-0.05, 0) is 196 Å². The average molecular weight is 969 g/mol. The molecule has 0 saturated heterocycles. The van der Waals surface area contributed by atoms with Crippen molar-refractivity contribution in [3.05, 3.63) is 263 Å². The van der Waals surface area contributed by atoms with E-state index in [1.165, 1.54) is 99.1 Å². The third-order valence-electron chi connectivity index (χ3n) is 16.8. The van der Waals surface area contributed by atoms with Crippen molar-refractivity contribution in [3.63, 3.8) is 0 Å². The van der Waals surface area contributed by atoms with Gasteiger partial charge in [0.1, 0.15) is 0 Å². The van der Waals surface area contributed by atoms with Crippen LogP contribution in [0.5, 0.6) is 0 Å². The van der Waals surface area contributed by atoms with Crippen molar-refractivity contribution in [1.29, 1.82) is 0 Å². The van der Waals surface area contributed by atoms with Gasteiger partial charge in [0.15, 0.2) is 0 Å². The monoisotopic (exact) mass is 969 g/mol. The molecule has 0 amide bonds. The smallest absolute Gasteiger partial charge is 0.0737 e. The zero-order valence-corrected chi connectivity index (χ0v) is 44.5. The van der Waals surface area contributed by atoms with Gasteiger partial charge in [-0.15, -0.1) is 0 Å². The van der Waals surface area contributed by atoms with Gasteiger partial charge in [0, 0.05) is 34.1 Å². The van der Waals surface area contributed by atoms with Crippen LogP contribution < -0.4 is 9.80 Å². The third kappa shape index (κ3) is 7.28. The second kappa shape index (κ2) is 18.0. The highest BCUT2D eigenvalue weighted by molar-refractivity contribution is 6.22. The van der Waals surface area contributed by atoms with Crippen LogP contribution in [0.1, 0.15) is 124 Å². The Balaban J connectivity index is 1.07. The summed E-state index contributed by atoms with van der Waals surface area (Å²) in [7, 11) is 0. The van der Waals surface area contributed by atoms with E-state index < -0.39 is 5.41 Å². The molecule has 2 aliphatic rings. The molecule has 0 bridgehead atoms. The summed E-state index contributed by atoms with van der Waals surface area (Å²) in [5, 5.41) is 7.58. The van der Waals surface area contributed by atoms with Gasteiger partial charge in [-0.1, -0.05) is 201 Å². The van der Waals surface area contributed by atoms with Crippen LogP contribution in [0.15, 0.2) is 218 Å². The Hall–Kier alpha value is -8.20. The van der Waals surface area contributed by atoms with E-state index in [0.717, 1.165) is 34.1 Å². The van der Waals surface area contributed by atoms with Gasteiger partial charge in [-0.3, -0.25) is 0 Å². The summed E-state index contributed by atoms with van der Waals surface area (Å²) in [6.45, 7) is 18.1. The molecule has 0 saturated carbocycles. The van der Waals surface area contributed by atoms with Gasteiger partial charge in [0.25, 0.3) is 0 Å². The molecule has 366 valence electrons. The van der Waals surface area contributed by atoms with E-state index in [-0.39, 0.29) is 0 Å². The molecule has 2 nitrogen and oxygen atoms in total. The third-order valence-corrected chi connectivity index (χ3v) is 16.8. The zero-order chi connectivity index (χ0) is 51.3. The van der Waals surface area contributed by atoms with E-state index in [1.807, 2.05) is 0 Å². The fourth-order valence-corrected chi connectivity index (χ4v) is 12.9. The summed E-state index contributed by atoms with van der Waals surface area (Å²) >= 11 is 0. The van der Waals surface area contributed by atoms with Gasteiger partial charge in [0.05, 0.1) is 5.41 Å². The number of benzene rings is 11. The first-order valence-electron chi connectivity index (χ1n) is 27.3. The van der Waals surface area contributed by atoms with Crippen molar-refractivity contribution >= 4 is 66.4 Å². The molecule has 11 aromatic rings. The summed E-state index contributed by atoms with van der Waals surface area (Å²) in [5.41, 5.74) is 22.3. The van der Waals surface area contributed by atoms with E-state index in [0.29, 0.717) is 23.7 Å². The second-order valence-corrected chi connectivity index (χ2v) is 22.4. The highest BCUT2D eigenvalue weighted by Gasteiger charge is 2.54. The molecular weight excluding hydrogens is 905 g/mol. The van der Waals surface area contributed by atoms with Crippen LogP contribution in [-0.4, -0.2) is 0 Å². The minimum Gasteiger partial charge on any atom is -0.310 e. The molecule has 0 heterocycles. The highest BCUT2D eigenvalue weighted by Crippen LogP contribution is 2.67. The fraction of sp³-hybridized carbons (Fsp3) is 0.178. The van der Waals surface area contributed by atoms with Crippen molar-refractivity contribution in [2.24, 2.45) is 0 Å². The van der Waals surface area contributed by atoms with Crippen molar-refractivity contribution in [2.75, 3.05) is 9.80 Å². The molecule has 0 fully saturated rings. The minimum atomic E-state index is -0.596. The quantitative estimate of drug-likeness (QED) is 0.126. The fourth-order valence-electron chi connectivity index (χ4n) is 12.9. The number of hydrogen-bond acceptors (Lipinski definition) is 2. The van der Waals surface area contributed by atoms with Crippen LogP contribution in [0.2, 0.25) is 0 Å². The van der Waals surface area contributed by atoms with Crippen molar-refractivity contribution in [2.45, 2.75) is 84.5 Å². The number of nitrogens with zero attached hydrogens (tertiary/aromatic N) is 2. The summed E-state index contributed by atoms with van der Waals surface area (Å²) in [6, 6.07) is 83.9. The Morgan fingerprint density at radius 3 is 1.12 bits per heavy atom. The highest BCUT2D eigenvalue weighted by atomic mass is 15.1. The number of anilines is 6. The molecule has 11 aromatic carbocycles. The summed E-state index contributed by atoms with van der Waals surface area (Å²) in [6.07, 6.45) is 0. The Morgan fingerprint density at radius 1 is 0.280 bits per heavy atom. The zero-order valence-electron chi connectivity index (χ0n) is 44.5. The molecule has 0 radical (unpaired) electrons. The first-order valence-corrected chi connectivity index (χ1v) is 27.3. The summed E-state index contributed by atoms with van der Waals surface area (Å²) < 4.78 is 0. The molecule has 1 spiro atoms. The Bertz CT molecular complexity index is 3840. The van der Waals surface area contributed by atoms with Gasteiger partial charge in [0.2, 0.25) is 0 Å². The lowest BCUT2D eigenvalue weighted by Gasteiger charge is -2.33. The Morgan fingerprint density at radius 2 is 0.667 bits per heavy atom. The topological polar surface area (TPSA) is 6.48 Å². The summed E-state index contributed by atoms with van der Waals surface area (Å²) in [4.78, 5) is 4.89. The predicted octanol–water partition coefficient (Wildman–Crippen LogP) is 20.9. The SMILES string of the molecule is CC(C)c1ccc(N(c2ccc(C(C)C)cc2)c2ccc3c4c(ccc3c2)-c2c(c3ccc(N(c5ccc(C(C)C)cc5)c5ccc(C(C)C)cc5)cc3c3ccccc23)C42c3ccccc3-c3ccccc32)cc1. The van der Waals surface area contributed by atoms with E-state index in [4.69, 9.17) is 0 Å². The Kier molecular flexibility index (Phi) is 11.2. The van der Waals surface area contributed by atoms with Crippen LogP contribution in [0, 0.1) is 0 Å². The van der Waals surface area contributed by atoms with Crippen LogP contribution in [0.3, 0.4) is 0 Å². The van der Waals surface area contributed by atoms with Crippen LogP contribution in [0.4, 0.5) is 34.1 Å². The lowest BCUT2D eigenvalue weighted by Crippen LogP contribution is -2.26. The van der Waals surface area contributed by atoms with E-state index in [1.54, 1.807) is 0 Å². The molecule has 13 rings (SSSR count). The van der Waals surface area contributed by atoms with E-state index in [9.17, 15) is 0 Å². The lowest BCUT2D eigenvalue weighted by atomic mass is 9.68. The van der Waals surface area contributed by atoms with Gasteiger partial charge in [-0.25, -0.2) is 0 Å². The predicted molar refractivity (Wildman–Crippen MR) is 321 cm³/mol. The lowest BCUT2D eigenvalue weighted by molar-refractivity contribution is 0.809. The molecule has 2 aliphatic carbocycles. The largest absolute Gasteiger partial charge is 0.310 e. The molecule has 0 aromatic heterocycles. The standard InChI is InChI=1S/C73H64N2/c1-45(2)49-21-30-54(31-22-49)74(55-32-23-50(24-33-55)46(3)4)58-38-41-60-53(43-58)29-40-66-70-64-18-10-9-15-61(64)67-44-59(75(56-34-25-51(26-35-56)47(5)6)57-36-27-52(28-37-57)48(7)8)39-42-65(67)72(70)73(71(60)66)68-19-13-11-16-62(68)63-17-12-14-20-69(63)73/h9-48H,1-8H3. The van der Waals surface area contributed by atoms with E-state index in [2.05, 4.69) is 284 Å². The van der Waals surface area contributed by atoms with Crippen LogP contribution >= 0.6 is 0 Å². The van der Waals surface area contributed by atoms with E-state index >= 15 is 0 Å². The molecule has 0 unspecified atom stereocenters. The molecule has 2 heteroatoms. The van der Waals surface area contributed by atoms with Gasteiger partial charge in [-0.2, -0.15) is 0 Å². The number of rotatable bonds is 10. The molecule has 0 atom stereocenters. The molecule has 0 N–H and O–H groups in total. The molecule has 75 heavy (non-hydrogen) atoms.